The van der Waals surface area contributed by atoms with Gasteiger partial charge in [0, 0.05) is 36.6 Å². The molecule has 2 aliphatic carbocycles. The molecular weight excluding hydrogens is 1390 g/mol. The van der Waals surface area contributed by atoms with Gasteiger partial charge in [0.05, 0.1) is 78.3 Å². The number of rotatable bonds is 3. The van der Waals surface area contributed by atoms with Crippen molar-refractivity contribution in [2.75, 3.05) is 20.0 Å². The largest absolute Gasteiger partial charge is 0.355 e. The van der Waals surface area contributed by atoms with Crippen LogP contribution in [0.4, 0.5) is 62.6 Å². The third-order valence-corrected chi connectivity index (χ3v) is 23.9. The highest BCUT2D eigenvalue weighted by molar-refractivity contribution is 9.10. The molecule has 22 rings (SSSR count). The molecule has 2 aromatic heterocycles. The summed E-state index contributed by atoms with van der Waals surface area (Å²) in [6, 6.07) is 123. The number of anilines is 11. The molecule has 0 amide bonds. The number of hydrogen-bond acceptors (Lipinski definition) is 8. The van der Waals surface area contributed by atoms with Crippen molar-refractivity contribution in [3.05, 3.63) is 481 Å². The van der Waals surface area contributed by atoms with Gasteiger partial charge in [-0.15, -0.1) is 0 Å². The molecule has 4 aliphatic heterocycles. The molecule has 1 N–H and O–H groups in total. The smallest absolute Gasteiger partial charge is 0.115 e. The van der Waals surface area contributed by atoms with E-state index in [-0.39, 0.29) is 1.43 Å². The van der Waals surface area contributed by atoms with Gasteiger partial charge in [-0.3, -0.25) is 0 Å². The molecule has 0 saturated carbocycles. The van der Waals surface area contributed by atoms with Crippen LogP contribution in [-0.4, -0.2) is 19.9 Å². The number of halogens is 1. The van der Waals surface area contributed by atoms with Crippen molar-refractivity contribution in [3.63, 3.8) is 0 Å². The van der Waals surface area contributed by atoms with Crippen LogP contribution in [0.25, 0.3) is 0 Å². The van der Waals surface area contributed by atoms with Gasteiger partial charge in [-0.25, -0.2) is 19.9 Å². The minimum atomic E-state index is -0.631. The molecule has 0 fully saturated rings. The van der Waals surface area contributed by atoms with Gasteiger partial charge in [-0.1, -0.05) is 277 Å². The van der Waals surface area contributed by atoms with Crippen LogP contribution in [0.15, 0.2) is 369 Å². The molecule has 522 valence electrons. The quantitative estimate of drug-likeness (QED) is 0.188. The lowest BCUT2D eigenvalue weighted by molar-refractivity contribution is 0.607. The number of benzene rings is 14. The van der Waals surface area contributed by atoms with Gasteiger partial charge in [0.2, 0.25) is 0 Å². The summed E-state index contributed by atoms with van der Waals surface area (Å²) < 4.78 is 0.912. The minimum Gasteiger partial charge on any atom is -0.355 e. The summed E-state index contributed by atoms with van der Waals surface area (Å²) in [5.74, 6) is 0. The van der Waals surface area contributed by atoms with Gasteiger partial charge in [-0.2, -0.15) is 0 Å². The number of nitrogens with zero attached hydrogens (tertiary/aromatic N) is 7. The van der Waals surface area contributed by atoms with E-state index >= 15 is 0 Å². The fourth-order valence-electron chi connectivity index (χ4n) is 19.6. The molecule has 6 heterocycles. The van der Waals surface area contributed by atoms with Crippen molar-refractivity contribution in [2.45, 2.75) is 49.4 Å². The molecule has 14 aromatic carbocycles. The van der Waals surface area contributed by atoms with Gasteiger partial charge >= 0.3 is 0 Å². The summed E-state index contributed by atoms with van der Waals surface area (Å²) in [7, 11) is 0. The first-order valence-electron chi connectivity index (χ1n) is 37.3. The Kier molecular flexibility index (Phi) is 15.4. The van der Waals surface area contributed by atoms with Crippen LogP contribution in [0.1, 0.15) is 113 Å². The molecule has 0 bridgehead atoms. The SMILES string of the molecule is Brc1cncnc1.Cc1ccc2c(c1)C1(c3cc(C)ccc3N2)c2ccccc2C2(c3ccccc3N(c3ccccc3)c3ccccc32)c2ccccc21.Cc1ccc2c(c1)C1(c3cc(C)ccc3N2c2cncnc2)c2ccccc2C2(c3ccccc3N(c3ccccc3)c3ccccc32)c2ccccc21.[2HH]. The number of fused-ring (bicyclic) bond motifs is 28. The van der Waals surface area contributed by atoms with E-state index in [0.29, 0.717) is 0 Å². The molecule has 109 heavy (non-hydrogen) atoms. The first-order chi connectivity index (χ1) is 53.7. The van der Waals surface area contributed by atoms with Crippen LogP contribution in [0, 0.1) is 27.7 Å². The highest BCUT2D eigenvalue weighted by Gasteiger charge is 2.61. The van der Waals surface area contributed by atoms with Gasteiger partial charge in [-0.05, 0) is 205 Å². The Labute approximate surface area is 645 Å². The Morgan fingerprint density at radius 2 is 0.477 bits per heavy atom. The molecule has 0 saturated heterocycles. The summed E-state index contributed by atoms with van der Waals surface area (Å²) in [4.78, 5) is 23.7. The van der Waals surface area contributed by atoms with Crippen LogP contribution in [0.2, 0.25) is 0 Å². The summed E-state index contributed by atoms with van der Waals surface area (Å²) in [6.07, 6.45) is 10.3. The van der Waals surface area contributed by atoms with E-state index in [1.807, 2.05) is 12.4 Å². The van der Waals surface area contributed by atoms with E-state index in [4.69, 9.17) is 0 Å². The fourth-order valence-corrected chi connectivity index (χ4v) is 19.9. The Balaban J connectivity index is 0.000000136. The van der Waals surface area contributed by atoms with E-state index in [9.17, 15) is 0 Å². The van der Waals surface area contributed by atoms with E-state index < -0.39 is 21.7 Å². The van der Waals surface area contributed by atoms with Crippen LogP contribution in [0.5, 0.6) is 0 Å². The Morgan fingerprint density at radius 3 is 0.789 bits per heavy atom. The predicted molar refractivity (Wildman–Crippen MR) is 448 cm³/mol. The average molecular weight is 1470 g/mol. The molecule has 0 atom stereocenters. The number of aromatic nitrogens is 4. The summed E-state index contributed by atoms with van der Waals surface area (Å²) >= 11 is 3.19. The van der Waals surface area contributed by atoms with E-state index in [2.05, 4.69) is 411 Å². The van der Waals surface area contributed by atoms with Crippen molar-refractivity contribution < 1.29 is 1.43 Å². The third-order valence-electron chi connectivity index (χ3n) is 23.5. The highest BCUT2D eigenvalue weighted by atomic mass is 79.9. The molecule has 0 unspecified atom stereocenters. The number of para-hydroxylation sites is 6. The number of nitrogens with one attached hydrogen (secondary N) is 1. The van der Waals surface area contributed by atoms with Crippen LogP contribution < -0.4 is 20.0 Å². The van der Waals surface area contributed by atoms with Crippen molar-refractivity contribution >= 4 is 78.5 Å². The van der Waals surface area contributed by atoms with Gasteiger partial charge in [0.25, 0.3) is 0 Å². The molecule has 9 heteroatoms. The van der Waals surface area contributed by atoms with Crippen LogP contribution in [-0.2, 0) is 21.7 Å². The summed E-state index contributed by atoms with van der Waals surface area (Å²) in [6.45, 7) is 8.86. The monoisotopic (exact) mass is 1470 g/mol. The first kappa shape index (κ1) is 65.4. The zero-order valence-corrected chi connectivity index (χ0v) is 62.2. The molecular formula is C100H75BrN8. The maximum atomic E-state index is 4.49. The lowest BCUT2D eigenvalue weighted by atomic mass is 9.49. The maximum Gasteiger partial charge on any atom is 0.115 e. The number of aryl methyl sites for hydroxylation is 4. The zero-order valence-electron chi connectivity index (χ0n) is 60.6. The average Bonchev–Trinajstić information content (AvgIpc) is 0.622. The molecule has 0 radical (unpaired) electrons. The van der Waals surface area contributed by atoms with Crippen molar-refractivity contribution in [1.29, 1.82) is 0 Å². The Hall–Kier alpha value is -13.1. The molecule has 16 aromatic rings. The van der Waals surface area contributed by atoms with Crippen LogP contribution in [0.3, 0.4) is 0 Å². The topological polar surface area (TPSA) is 73.3 Å². The molecule has 6 aliphatic rings. The van der Waals surface area contributed by atoms with Crippen molar-refractivity contribution in [2.24, 2.45) is 0 Å². The van der Waals surface area contributed by atoms with Gasteiger partial charge in [0.15, 0.2) is 0 Å². The Bertz CT molecular complexity index is 5980. The fraction of sp³-hybridized carbons (Fsp3) is 0.0800. The second-order valence-corrected chi connectivity index (χ2v) is 30.3. The van der Waals surface area contributed by atoms with Crippen molar-refractivity contribution in [3.8, 4) is 0 Å². The lowest BCUT2D eigenvalue weighted by Gasteiger charge is -2.56. The number of hydrogen-bond donors (Lipinski definition) is 1. The standard InChI is InChI=1S/C50H36N4.C46H34N2.C4H3BrN2.H2/c1-33-24-26-47-43(28-33)50(44-29-34(2)25-27-48(44)54(47)36-30-51-32-52-31-36)39-18-8-6-16-37(39)49(38-17-7-9-19-40(38)50)41-20-10-12-22-45(41)53(35-14-4-3-5-15-35)46-23-13-11-21-42(46)49;1-30-24-26-41-39(28-30)46(40-29-31(2)25-27-42(40)47-41)35-18-8-6-16-33(35)45(34-17-7-9-19-36(34)46)37-20-10-12-22-43(37)48(32-14-4-3-5-15-32)44-23-13-11-21-38(44)45;5-4-1-6-3-7-2-4;/h3-32H,1-2H3;3-29,47H,1-2H3;1-3H;1H/i;;;1+1. The van der Waals surface area contributed by atoms with Crippen LogP contribution >= 0.6 is 15.9 Å². The van der Waals surface area contributed by atoms with E-state index in [0.717, 1.165) is 44.3 Å². The van der Waals surface area contributed by atoms with Gasteiger partial charge in [0.1, 0.15) is 12.7 Å². The molecule has 4 spiro atoms. The Morgan fingerprint density at radius 1 is 0.239 bits per heavy atom. The van der Waals surface area contributed by atoms with E-state index in [1.54, 1.807) is 18.7 Å². The van der Waals surface area contributed by atoms with Gasteiger partial charge < -0.3 is 20.0 Å². The normalized spacial score (nSPS) is 14.8. The predicted octanol–water partition coefficient (Wildman–Crippen LogP) is 24.4. The lowest BCUT2D eigenvalue weighted by Crippen LogP contribution is -2.49. The molecule has 8 nitrogen and oxygen atoms in total. The second-order valence-electron chi connectivity index (χ2n) is 29.3. The third kappa shape index (κ3) is 9.42. The maximum absolute atomic E-state index is 4.49. The summed E-state index contributed by atoms with van der Waals surface area (Å²) in [5, 5.41) is 3.85. The highest BCUT2D eigenvalue weighted by Crippen LogP contribution is 2.70. The first-order valence-corrected chi connectivity index (χ1v) is 38.1. The zero-order chi connectivity index (χ0) is 73.2. The van der Waals surface area contributed by atoms with E-state index in [1.165, 1.54) is 140 Å². The minimum absolute atomic E-state index is 0. The second kappa shape index (κ2) is 25.6. The van der Waals surface area contributed by atoms with Crippen molar-refractivity contribution in [1.82, 2.24) is 19.9 Å². The summed E-state index contributed by atoms with van der Waals surface area (Å²) in [5.41, 5.74) is 36.1.